The van der Waals surface area contributed by atoms with Crippen LogP contribution in [0.5, 0.6) is 0 Å². The van der Waals surface area contributed by atoms with Gasteiger partial charge in [-0.25, -0.2) is 4.79 Å². The molecule has 21 heavy (non-hydrogen) atoms. The third kappa shape index (κ3) is 5.33. The lowest BCUT2D eigenvalue weighted by Gasteiger charge is -2.17. The van der Waals surface area contributed by atoms with Crippen molar-refractivity contribution in [2.24, 2.45) is 0 Å². The highest BCUT2D eigenvalue weighted by Crippen LogP contribution is 2.30. The Bertz CT molecular complexity index is 518. The van der Waals surface area contributed by atoms with Crippen LogP contribution in [0.1, 0.15) is 12.5 Å². The lowest BCUT2D eigenvalue weighted by Crippen LogP contribution is -2.45. The van der Waals surface area contributed by atoms with Crippen molar-refractivity contribution >= 4 is 17.6 Å². The minimum absolute atomic E-state index is 0.0897. The van der Waals surface area contributed by atoms with Crippen LogP contribution in [0.15, 0.2) is 24.3 Å². The van der Waals surface area contributed by atoms with Gasteiger partial charge < -0.3 is 15.4 Å². The largest absolute Gasteiger partial charge is 0.467 e. The van der Waals surface area contributed by atoms with Gasteiger partial charge in [0.2, 0.25) is 5.91 Å². The smallest absolute Gasteiger partial charge is 0.416 e. The fourth-order valence-electron chi connectivity index (χ4n) is 1.61. The number of carbonyl (C=O) groups is 2. The van der Waals surface area contributed by atoms with Gasteiger partial charge >= 0.3 is 12.1 Å². The number of halogens is 3. The number of anilines is 1. The van der Waals surface area contributed by atoms with Gasteiger partial charge in [-0.3, -0.25) is 4.79 Å². The van der Waals surface area contributed by atoms with Gasteiger partial charge in [0.25, 0.3) is 0 Å². The Balaban J connectivity index is 2.76. The summed E-state index contributed by atoms with van der Waals surface area (Å²) in [6, 6.07) is 3.55. The molecule has 0 bridgehead atoms. The van der Waals surface area contributed by atoms with E-state index in [2.05, 4.69) is 15.4 Å². The second-order valence-electron chi connectivity index (χ2n) is 4.24. The van der Waals surface area contributed by atoms with Gasteiger partial charge in [0.15, 0.2) is 0 Å². The summed E-state index contributed by atoms with van der Waals surface area (Å²) in [5.41, 5.74) is -0.620. The first-order chi connectivity index (χ1) is 9.74. The zero-order chi connectivity index (χ0) is 16.0. The molecule has 0 spiro atoms. The third-order valence-corrected chi connectivity index (χ3v) is 2.56. The molecule has 116 valence electrons. The molecule has 0 aliphatic carbocycles. The van der Waals surface area contributed by atoms with Gasteiger partial charge in [-0.15, -0.1) is 0 Å². The van der Waals surface area contributed by atoms with Gasteiger partial charge in [-0.1, -0.05) is 6.07 Å². The van der Waals surface area contributed by atoms with Crippen LogP contribution in [-0.2, 0) is 20.5 Å². The molecule has 8 heteroatoms. The van der Waals surface area contributed by atoms with Gasteiger partial charge in [0.1, 0.15) is 6.04 Å². The van der Waals surface area contributed by atoms with Gasteiger partial charge in [-0.05, 0) is 18.2 Å². The summed E-state index contributed by atoms with van der Waals surface area (Å²) in [6.45, 7) is 1.13. The zero-order valence-electron chi connectivity index (χ0n) is 11.5. The molecule has 0 aromatic heterocycles. The first kappa shape index (κ1) is 16.8. The van der Waals surface area contributed by atoms with Crippen LogP contribution in [0.3, 0.4) is 0 Å². The molecule has 2 N–H and O–H groups in total. The van der Waals surface area contributed by atoms with Crippen LogP contribution in [-0.4, -0.2) is 31.6 Å². The number of benzene rings is 1. The number of alkyl halides is 3. The van der Waals surface area contributed by atoms with Crippen molar-refractivity contribution < 1.29 is 27.5 Å². The fourth-order valence-corrected chi connectivity index (χ4v) is 1.61. The van der Waals surface area contributed by atoms with Crippen LogP contribution in [0.2, 0.25) is 0 Å². The molecule has 1 rings (SSSR count). The molecule has 0 aliphatic heterocycles. The Hall–Kier alpha value is -2.25. The van der Waals surface area contributed by atoms with Crippen molar-refractivity contribution in [2.75, 3.05) is 19.0 Å². The van der Waals surface area contributed by atoms with Crippen LogP contribution >= 0.6 is 0 Å². The summed E-state index contributed by atoms with van der Waals surface area (Å²) in [7, 11) is 1.15. The van der Waals surface area contributed by atoms with Gasteiger partial charge in [0.05, 0.1) is 12.7 Å². The molecule has 1 unspecified atom stereocenters. The number of carbonyl (C=O) groups excluding carboxylic acids is 2. The van der Waals surface area contributed by atoms with E-state index in [1.54, 1.807) is 0 Å². The summed E-state index contributed by atoms with van der Waals surface area (Å²) >= 11 is 0. The highest BCUT2D eigenvalue weighted by Gasteiger charge is 2.30. The molecular weight excluding hydrogens is 289 g/mol. The van der Waals surface area contributed by atoms with Crippen LogP contribution in [0.25, 0.3) is 0 Å². The van der Waals surface area contributed by atoms with E-state index in [9.17, 15) is 22.8 Å². The van der Waals surface area contributed by atoms with Crippen LogP contribution in [0.4, 0.5) is 18.9 Å². The fraction of sp³-hybridized carbons (Fsp3) is 0.385. The second kappa shape index (κ2) is 6.96. The average Bonchev–Trinajstić information content (AvgIpc) is 2.41. The highest BCUT2D eigenvalue weighted by molar-refractivity contribution is 5.83. The van der Waals surface area contributed by atoms with Crippen molar-refractivity contribution in [1.82, 2.24) is 5.32 Å². The molecule has 0 fully saturated rings. The highest BCUT2D eigenvalue weighted by atomic mass is 19.4. The molecule has 0 saturated heterocycles. The van der Waals surface area contributed by atoms with E-state index < -0.39 is 29.7 Å². The minimum atomic E-state index is -4.45. The van der Waals surface area contributed by atoms with E-state index in [0.29, 0.717) is 0 Å². The molecule has 1 aromatic carbocycles. The van der Waals surface area contributed by atoms with Gasteiger partial charge in [-0.2, -0.15) is 13.2 Å². The Labute approximate surface area is 119 Å². The number of hydrogen-bond acceptors (Lipinski definition) is 4. The Morgan fingerprint density at radius 2 is 2.00 bits per heavy atom. The average molecular weight is 304 g/mol. The summed E-state index contributed by atoms with van der Waals surface area (Å²) < 4.78 is 42.2. The number of methoxy groups -OCH3 is 1. The van der Waals surface area contributed by atoms with E-state index in [1.165, 1.54) is 19.1 Å². The number of ether oxygens (including phenoxy) is 1. The van der Waals surface area contributed by atoms with Gasteiger partial charge in [0, 0.05) is 19.2 Å². The number of amides is 1. The van der Waals surface area contributed by atoms with Crippen molar-refractivity contribution in [2.45, 2.75) is 19.1 Å². The van der Waals surface area contributed by atoms with E-state index >= 15 is 0 Å². The van der Waals surface area contributed by atoms with Crippen molar-refractivity contribution in [1.29, 1.82) is 0 Å². The quantitative estimate of drug-likeness (QED) is 0.814. The molecule has 5 nitrogen and oxygen atoms in total. The monoisotopic (exact) mass is 304 g/mol. The topological polar surface area (TPSA) is 67.4 Å². The zero-order valence-corrected chi connectivity index (χ0v) is 11.5. The van der Waals surface area contributed by atoms with Crippen LogP contribution in [0, 0.1) is 0 Å². The molecule has 0 radical (unpaired) electrons. The second-order valence-corrected chi connectivity index (χ2v) is 4.24. The summed E-state index contributed by atoms with van der Waals surface area (Å²) in [5, 5.41) is 5.01. The maximum atomic E-state index is 12.6. The van der Waals surface area contributed by atoms with E-state index in [1.807, 2.05) is 0 Å². The van der Waals surface area contributed by atoms with Crippen LogP contribution < -0.4 is 10.6 Å². The summed E-state index contributed by atoms with van der Waals surface area (Å²) in [6.07, 6.45) is -4.45. The predicted molar refractivity (Wildman–Crippen MR) is 69.6 cm³/mol. The van der Waals surface area contributed by atoms with Crippen molar-refractivity contribution in [3.8, 4) is 0 Å². The molecule has 1 atom stereocenters. The molecular formula is C13H15F3N2O3. The molecule has 1 amide bonds. The Morgan fingerprint density at radius 3 is 2.52 bits per heavy atom. The summed E-state index contributed by atoms with van der Waals surface area (Å²) in [4.78, 5) is 22.4. The molecule has 1 aromatic rings. The number of esters is 1. The molecule has 0 heterocycles. The minimum Gasteiger partial charge on any atom is -0.467 e. The maximum Gasteiger partial charge on any atom is 0.416 e. The number of hydrogen-bond donors (Lipinski definition) is 2. The molecule has 0 saturated carbocycles. The summed E-state index contributed by atoms with van der Waals surface area (Å²) in [5.74, 6) is -1.14. The first-order valence-electron chi connectivity index (χ1n) is 6.00. The first-order valence-corrected chi connectivity index (χ1v) is 6.00. The van der Waals surface area contributed by atoms with E-state index in [0.717, 1.165) is 19.2 Å². The molecule has 0 aliphatic rings. The SMILES string of the molecule is COC(=O)C(CNc1cccc(C(F)(F)F)c1)NC(C)=O. The standard InChI is InChI=1S/C13H15F3N2O3/c1-8(19)18-11(12(20)21-2)7-17-10-5-3-4-9(6-10)13(14,15)16/h3-6,11,17H,7H2,1-2H3,(H,18,19). The normalized spacial score (nSPS) is 12.4. The lowest BCUT2D eigenvalue weighted by molar-refractivity contribution is -0.144. The predicted octanol–water partition coefficient (Wildman–Crippen LogP) is 1.79. The lowest BCUT2D eigenvalue weighted by atomic mass is 10.2. The van der Waals surface area contributed by atoms with E-state index in [-0.39, 0.29) is 12.2 Å². The Kier molecular flexibility index (Phi) is 5.57. The van der Waals surface area contributed by atoms with Crippen molar-refractivity contribution in [3.05, 3.63) is 29.8 Å². The number of nitrogens with one attached hydrogen (secondary N) is 2. The van der Waals surface area contributed by atoms with E-state index in [4.69, 9.17) is 0 Å². The van der Waals surface area contributed by atoms with Crippen molar-refractivity contribution in [3.63, 3.8) is 0 Å². The maximum absolute atomic E-state index is 12.6. The third-order valence-electron chi connectivity index (χ3n) is 2.56. The number of rotatable bonds is 5. The Morgan fingerprint density at radius 1 is 1.33 bits per heavy atom.